The van der Waals surface area contributed by atoms with Gasteiger partial charge < -0.3 is 15.4 Å². The zero-order chi connectivity index (χ0) is 17.8. The summed E-state index contributed by atoms with van der Waals surface area (Å²) in [6, 6.07) is 11.4. The fraction of sp³-hybridized carbons (Fsp3) is 0. The van der Waals surface area contributed by atoms with Crippen molar-refractivity contribution in [2.45, 2.75) is 0 Å². The van der Waals surface area contributed by atoms with E-state index in [0.29, 0.717) is 10.7 Å². The van der Waals surface area contributed by atoms with Crippen molar-refractivity contribution < 1.29 is 9.72 Å². The van der Waals surface area contributed by atoms with Gasteiger partial charge in [-0.15, -0.1) is 0 Å². The predicted molar refractivity (Wildman–Crippen MR) is 93.5 cm³/mol. The van der Waals surface area contributed by atoms with Gasteiger partial charge in [-0.25, -0.2) is 0 Å². The molecule has 0 unspecified atom stereocenters. The van der Waals surface area contributed by atoms with E-state index in [9.17, 15) is 14.9 Å². The van der Waals surface area contributed by atoms with Gasteiger partial charge in [0.15, 0.2) is 0 Å². The minimum absolute atomic E-state index is 0.132. The van der Waals surface area contributed by atoms with Crippen molar-refractivity contribution in [3.05, 3.63) is 81.8 Å². The van der Waals surface area contributed by atoms with E-state index in [1.807, 2.05) is 12.1 Å². The highest BCUT2D eigenvalue weighted by Gasteiger charge is 2.15. The van der Waals surface area contributed by atoms with Gasteiger partial charge in [-0.1, -0.05) is 23.7 Å². The zero-order valence-corrected chi connectivity index (χ0v) is 13.5. The van der Waals surface area contributed by atoms with Gasteiger partial charge in [0, 0.05) is 22.8 Å². The Kier molecular flexibility index (Phi) is 4.67. The first kappa shape index (κ1) is 16.5. The fourth-order valence-electron chi connectivity index (χ4n) is 2.23. The van der Waals surface area contributed by atoms with Gasteiger partial charge in [-0.3, -0.25) is 9.78 Å². The van der Waals surface area contributed by atoms with Crippen LogP contribution in [0.4, 0.5) is 11.5 Å². The number of rotatable bonds is 4. The Morgan fingerprint density at radius 2 is 1.88 bits per heavy atom. The third-order valence-electron chi connectivity index (χ3n) is 3.42. The molecule has 0 aliphatic carbocycles. The maximum absolute atomic E-state index is 12.4. The van der Waals surface area contributed by atoms with E-state index < -0.39 is 16.6 Å². The molecule has 2 aromatic heterocycles. The number of aromatic nitrogens is 2. The Morgan fingerprint density at radius 3 is 2.60 bits per heavy atom. The first-order valence-electron chi connectivity index (χ1n) is 7.16. The SMILES string of the molecule is O=C(Nc1cnccc1-c1ccc(Cl)cc1)c1ccnc([N+](=O)[O-])c1. The second-order valence-corrected chi connectivity index (χ2v) is 5.48. The van der Waals surface area contributed by atoms with Gasteiger partial charge >= 0.3 is 5.82 Å². The minimum Gasteiger partial charge on any atom is -0.358 e. The molecule has 0 aliphatic rings. The molecule has 0 atom stereocenters. The summed E-state index contributed by atoms with van der Waals surface area (Å²) in [6.07, 6.45) is 4.34. The highest BCUT2D eigenvalue weighted by Crippen LogP contribution is 2.28. The molecule has 1 aromatic carbocycles. The summed E-state index contributed by atoms with van der Waals surface area (Å²) in [4.78, 5) is 30.2. The molecule has 0 saturated carbocycles. The topological polar surface area (TPSA) is 98.0 Å². The molecule has 0 radical (unpaired) electrons. The Bertz CT molecular complexity index is 945. The van der Waals surface area contributed by atoms with Crippen molar-refractivity contribution in [2.75, 3.05) is 5.32 Å². The number of anilines is 1. The monoisotopic (exact) mass is 354 g/mol. The van der Waals surface area contributed by atoms with E-state index in [4.69, 9.17) is 11.6 Å². The first-order valence-corrected chi connectivity index (χ1v) is 7.54. The van der Waals surface area contributed by atoms with Crippen molar-refractivity contribution in [3.8, 4) is 11.1 Å². The number of nitro groups is 1. The van der Waals surface area contributed by atoms with E-state index in [-0.39, 0.29) is 5.56 Å². The van der Waals surface area contributed by atoms with Crippen LogP contribution in [0.5, 0.6) is 0 Å². The molecule has 25 heavy (non-hydrogen) atoms. The van der Waals surface area contributed by atoms with Gasteiger partial charge in [-0.2, -0.15) is 0 Å². The average molecular weight is 355 g/mol. The second-order valence-electron chi connectivity index (χ2n) is 5.04. The van der Waals surface area contributed by atoms with Crippen LogP contribution in [-0.4, -0.2) is 20.8 Å². The zero-order valence-electron chi connectivity index (χ0n) is 12.7. The number of benzene rings is 1. The normalized spacial score (nSPS) is 10.3. The second kappa shape index (κ2) is 7.06. The number of pyridine rings is 2. The number of nitrogens with zero attached hydrogens (tertiary/aromatic N) is 3. The third-order valence-corrected chi connectivity index (χ3v) is 3.67. The van der Waals surface area contributed by atoms with Crippen LogP contribution in [0.25, 0.3) is 11.1 Å². The van der Waals surface area contributed by atoms with Crippen LogP contribution in [0.1, 0.15) is 10.4 Å². The summed E-state index contributed by atoms with van der Waals surface area (Å²) >= 11 is 5.90. The Balaban J connectivity index is 1.91. The number of halogens is 1. The standard InChI is InChI=1S/C17H11ClN4O3/c18-13-3-1-11(2-4-13)14-6-7-19-10-15(14)21-17(23)12-5-8-20-16(9-12)22(24)25/h1-10H,(H,21,23). The van der Waals surface area contributed by atoms with Crippen molar-refractivity contribution in [1.82, 2.24) is 9.97 Å². The van der Waals surface area contributed by atoms with Crippen LogP contribution in [-0.2, 0) is 0 Å². The number of carbonyl (C=O) groups is 1. The van der Waals surface area contributed by atoms with Crippen LogP contribution in [0.15, 0.2) is 61.1 Å². The highest BCUT2D eigenvalue weighted by atomic mass is 35.5. The van der Waals surface area contributed by atoms with E-state index in [2.05, 4.69) is 15.3 Å². The lowest BCUT2D eigenvalue weighted by atomic mass is 10.1. The summed E-state index contributed by atoms with van der Waals surface area (Å²) in [7, 11) is 0. The average Bonchev–Trinajstić information content (AvgIpc) is 2.63. The molecule has 1 N–H and O–H groups in total. The molecule has 8 heteroatoms. The number of hydrogen-bond acceptors (Lipinski definition) is 5. The Morgan fingerprint density at radius 1 is 1.12 bits per heavy atom. The molecular formula is C17H11ClN4O3. The lowest BCUT2D eigenvalue weighted by Gasteiger charge is -2.10. The quantitative estimate of drug-likeness (QED) is 0.565. The van der Waals surface area contributed by atoms with Gasteiger partial charge in [0.2, 0.25) is 0 Å². The fourth-order valence-corrected chi connectivity index (χ4v) is 2.36. The molecule has 3 rings (SSSR count). The Labute approximate surface area is 147 Å². The van der Waals surface area contributed by atoms with Crippen molar-refractivity contribution in [2.24, 2.45) is 0 Å². The summed E-state index contributed by atoms with van der Waals surface area (Å²) < 4.78 is 0. The molecular weight excluding hydrogens is 344 g/mol. The van der Waals surface area contributed by atoms with Gasteiger partial charge in [0.25, 0.3) is 5.91 Å². The van der Waals surface area contributed by atoms with Crippen LogP contribution in [0.2, 0.25) is 5.02 Å². The molecule has 0 bridgehead atoms. The summed E-state index contributed by atoms with van der Waals surface area (Å²) in [5, 5.41) is 14.1. The minimum atomic E-state index is -0.653. The molecule has 3 aromatic rings. The lowest BCUT2D eigenvalue weighted by molar-refractivity contribution is -0.389. The number of carbonyl (C=O) groups excluding carboxylic acids is 1. The lowest BCUT2D eigenvalue weighted by Crippen LogP contribution is -2.13. The van der Waals surface area contributed by atoms with Crippen LogP contribution in [0.3, 0.4) is 0 Å². The Hall–Kier alpha value is -3.32. The largest absolute Gasteiger partial charge is 0.364 e. The van der Waals surface area contributed by atoms with Crippen molar-refractivity contribution in [1.29, 1.82) is 0 Å². The number of nitrogens with one attached hydrogen (secondary N) is 1. The molecule has 0 saturated heterocycles. The van der Waals surface area contributed by atoms with Gasteiger partial charge in [0.1, 0.15) is 6.20 Å². The number of hydrogen-bond donors (Lipinski definition) is 1. The first-order chi connectivity index (χ1) is 12.0. The number of amides is 1. The maximum Gasteiger partial charge on any atom is 0.364 e. The molecule has 2 heterocycles. The van der Waals surface area contributed by atoms with E-state index in [1.54, 1.807) is 24.4 Å². The third kappa shape index (κ3) is 3.78. The van der Waals surface area contributed by atoms with Crippen molar-refractivity contribution in [3.63, 3.8) is 0 Å². The summed E-state index contributed by atoms with van der Waals surface area (Å²) in [5.41, 5.74) is 2.22. The molecule has 1 amide bonds. The molecule has 0 spiro atoms. The van der Waals surface area contributed by atoms with Crippen LogP contribution >= 0.6 is 11.6 Å². The van der Waals surface area contributed by atoms with Gasteiger partial charge in [0.05, 0.1) is 17.4 Å². The van der Waals surface area contributed by atoms with Gasteiger partial charge in [-0.05, 0) is 39.7 Å². The highest BCUT2D eigenvalue weighted by molar-refractivity contribution is 6.30. The maximum atomic E-state index is 12.4. The smallest absolute Gasteiger partial charge is 0.358 e. The van der Waals surface area contributed by atoms with E-state index >= 15 is 0 Å². The van der Waals surface area contributed by atoms with E-state index in [0.717, 1.165) is 17.2 Å². The molecule has 0 fully saturated rings. The summed E-state index contributed by atoms with van der Waals surface area (Å²) in [5.74, 6) is -0.884. The molecule has 0 aliphatic heterocycles. The van der Waals surface area contributed by atoms with Crippen LogP contribution < -0.4 is 5.32 Å². The predicted octanol–water partition coefficient (Wildman–Crippen LogP) is 3.96. The summed E-state index contributed by atoms with van der Waals surface area (Å²) in [6.45, 7) is 0. The van der Waals surface area contributed by atoms with Crippen LogP contribution in [0, 0.1) is 10.1 Å². The molecule has 124 valence electrons. The van der Waals surface area contributed by atoms with Crippen molar-refractivity contribution >= 4 is 29.0 Å². The molecule has 7 nitrogen and oxygen atoms in total. The van der Waals surface area contributed by atoms with E-state index in [1.165, 1.54) is 18.5 Å².